The van der Waals surface area contributed by atoms with Crippen molar-refractivity contribution in [3.63, 3.8) is 0 Å². The third-order valence-electron chi connectivity index (χ3n) is 5.96. The molecule has 182 valence electrons. The minimum Gasteiger partial charge on any atom is -0.497 e. The van der Waals surface area contributed by atoms with Crippen molar-refractivity contribution in [3.05, 3.63) is 65.5 Å². The van der Waals surface area contributed by atoms with Gasteiger partial charge in [-0.1, -0.05) is 26.0 Å². The predicted molar refractivity (Wildman–Crippen MR) is 127 cm³/mol. The summed E-state index contributed by atoms with van der Waals surface area (Å²) < 4.78 is 18.7. The van der Waals surface area contributed by atoms with Gasteiger partial charge in [0.25, 0.3) is 11.8 Å². The van der Waals surface area contributed by atoms with E-state index in [1.54, 1.807) is 35.2 Å². The van der Waals surface area contributed by atoms with E-state index >= 15 is 0 Å². The Bertz CT molecular complexity index is 1020. The van der Waals surface area contributed by atoms with Crippen LogP contribution in [0.2, 0.25) is 0 Å². The highest BCUT2D eigenvalue weighted by Crippen LogP contribution is 2.23. The molecule has 0 bridgehead atoms. The molecule has 1 saturated heterocycles. The number of nitrogens with zero attached hydrogens (tertiary/aromatic N) is 1. The number of nitrogens with one attached hydrogen (secondary N) is 2. The van der Waals surface area contributed by atoms with Crippen molar-refractivity contribution in [2.45, 2.75) is 32.7 Å². The maximum Gasteiger partial charge on any atom is 0.253 e. The van der Waals surface area contributed by atoms with Gasteiger partial charge in [-0.05, 0) is 61.1 Å². The van der Waals surface area contributed by atoms with Gasteiger partial charge in [-0.2, -0.15) is 0 Å². The van der Waals surface area contributed by atoms with Crippen LogP contribution >= 0.6 is 0 Å². The maximum atomic E-state index is 13.5. The molecule has 0 spiro atoms. The first kappa shape index (κ1) is 25.2. The van der Waals surface area contributed by atoms with Gasteiger partial charge in [-0.15, -0.1) is 0 Å². The number of likely N-dealkylation sites (tertiary alicyclic amines) is 1. The van der Waals surface area contributed by atoms with Crippen LogP contribution in [0.15, 0.2) is 48.5 Å². The average Bonchev–Trinajstić information content (AvgIpc) is 2.85. The number of ether oxygens (including phenoxy) is 1. The molecule has 3 rings (SSSR count). The molecule has 1 aliphatic heterocycles. The Balaban J connectivity index is 1.70. The molecule has 0 radical (unpaired) electrons. The van der Waals surface area contributed by atoms with Crippen molar-refractivity contribution < 1.29 is 23.5 Å². The van der Waals surface area contributed by atoms with Crippen LogP contribution in [0.3, 0.4) is 0 Å². The largest absolute Gasteiger partial charge is 0.497 e. The summed E-state index contributed by atoms with van der Waals surface area (Å²) >= 11 is 0. The van der Waals surface area contributed by atoms with Crippen molar-refractivity contribution in [1.82, 2.24) is 15.5 Å². The van der Waals surface area contributed by atoms with E-state index in [-0.39, 0.29) is 29.6 Å². The van der Waals surface area contributed by atoms with Gasteiger partial charge in [0.1, 0.15) is 17.6 Å². The molecule has 34 heavy (non-hydrogen) atoms. The van der Waals surface area contributed by atoms with Crippen LogP contribution in [0.1, 0.15) is 47.4 Å². The lowest BCUT2D eigenvalue weighted by Crippen LogP contribution is -2.54. The smallest absolute Gasteiger partial charge is 0.253 e. The first-order valence-corrected chi connectivity index (χ1v) is 11.6. The number of rotatable bonds is 8. The number of methoxy groups -OCH3 is 1. The zero-order valence-corrected chi connectivity index (χ0v) is 19.8. The van der Waals surface area contributed by atoms with Gasteiger partial charge in [0.05, 0.1) is 7.11 Å². The van der Waals surface area contributed by atoms with Crippen LogP contribution in [0.25, 0.3) is 0 Å². The second-order valence-corrected chi connectivity index (χ2v) is 8.96. The molecule has 0 aromatic heterocycles. The van der Waals surface area contributed by atoms with E-state index in [0.717, 1.165) is 0 Å². The fourth-order valence-electron chi connectivity index (χ4n) is 4.04. The highest BCUT2D eigenvalue weighted by molar-refractivity contribution is 5.98. The molecular formula is C26H32FN3O4. The Hall–Kier alpha value is -3.42. The zero-order chi connectivity index (χ0) is 24.7. The van der Waals surface area contributed by atoms with Gasteiger partial charge in [0.2, 0.25) is 5.91 Å². The normalized spacial score (nSPS) is 15.0. The predicted octanol–water partition coefficient (Wildman–Crippen LogP) is 3.26. The lowest BCUT2D eigenvalue weighted by atomic mass is 9.88. The number of halogens is 1. The third kappa shape index (κ3) is 6.56. The van der Waals surface area contributed by atoms with Gasteiger partial charge < -0.3 is 20.3 Å². The fourth-order valence-corrected chi connectivity index (χ4v) is 4.04. The van der Waals surface area contributed by atoms with Crippen molar-refractivity contribution in [2.24, 2.45) is 11.8 Å². The van der Waals surface area contributed by atoms with Crippen molar-refractivity contribution in [2.75, 3.05) is 26.7 Å². The van der Waals surface area contributed by atoms with E-state index < -0.39 is 11.9 Å². The maximum absolute atomic E-state index is 13.5. The zero-order valence-electron chi connectivity index (χ0n) is 19.8. The molecule has 2 aromatic carbocycles. The summed E-state index contributed by atoms with van der Waals surface area (Å²) in [6, 6.07) is 11.7. The molecule has 1 heterocycles. The number of carbonyl (C=O) groups is 3. The highest BCUT2D eigenvalue weighted by Gasteiger charge is 2.34. The summed E-state index contributed by atoms with van der Waals surface area (Å²) in [4.78, 5) is 40.4. The van der Waals surface area contributed by atoms with Gasteiger partial charge in [-0.3, -0.25) is 14.4 Å². The van der Waals surface area contributed by atoms with Crippen LogP contribution in [0.4, 0.5) is 4.39 Å². The monoisotopic (exact) mass is 469 g/mol. The molecule has 1 atom stereocenters. The highest BCUT2D eigenvalue weighted by atomic mass is 19.1. The molecule has 0 saturated carbocycles. The summed E-state index contributed by atoms with van der Waals surface area (Å²) in [7, 11) is 1.53. The SMILES string of the molecule is COc1cccc(C(=O)NC(C(=O)NCC(C)C)C2CCN(C(=O)c3cccc(F)c3)CC2)c1. The average molecular weight is 470 g/mol. The van der Waals surface area contributed by atoms with Crippen LogP contribution < -0.4 is 15.4 Å². The summed E-state index contributed by atoms with van der Waals surface area (Å²) in [6.07, 6.45) is 1.08. The lowest BCUT2D eigenvalue weighted by Gasteiger charge is -2.36. The third-order valence-corrected chi connectivity index (χ3v) is 5.96. The molecule has 1 aliphatic rings. The number of carbonyl (C=O) groups excluding carboxylic acids is 3. The van der Waals surface area contributed by atoms with E-state index in [1.807, 2.05) is 13.8 Å². The molecule has 8 heteroatoms. The standard InChI is InChI=1S/C26H32FN3O4/c1-17(2)16-28-25(32)23(29-24(31)19-6-5-9-22(15-19)34-3)18-10-12-30(13-11-18)26(33)20-7-4-8-21(27)14-20/h4-9,14-15,17-18,23H,10-13,16H2,1-3H3,(H,28,32)(H,29,31). The van der Waals surface area contributed by atoms with E-state index in [2.05, 4.69) is 10.6 Å². The molecular weight excluding hydrogens is 437 g/mol. The first-order valence-electron chi connectivity index (χ1n) is 11.6. The van der Waals surface area contributed by atoms with E-state index in [9.17, 15) is 18.8 Å². The molecule has 2 aromatic rings. The topological polar surface area (TPSA) is 87.7 Å². The second kappa shape index (κ2) is 11.6. The van der Waals surface area contributed by atoms with Crippen LogP contribution in [-0.2, 0) is 4.79 Å². The summed E-state index contributed by atoms with van der Waals surface area (Å²) in [5.74, 6) is -0.607. The molecule has 7 nitrogen and oxygen atoms in total. The molecule has 3 amide bonds. The minimum atomic E-state index is -0.733. The Morgan fingerprint density at radius 3 is 2.38 bits per heavy atom. The van der Waals surface area contributed by atoms with Crippen LogP contribution in [-0.4, -0.2) is 55.4 Å². The molecule has 2 N–H and O–H groups in total. The lowest BCUT2D eigenvalue weighted by molar-refractivity contribution is -0.124. The number of hydrogen-bond donors (Lipinski definition) is 2. The van der Waals surface area contributed by atoms with Gasteiger partial charge in [0.15, 0.2) is 0 Å². The Kier molecular flexibility index (Phi) is 8.62. The van der Waals surface area contributed by atoms with Gasteiger partial charge >= 0.3 is 0 Å². The number of benzene rings is 2. The fraction of sp³-hybridized carbons (Fsp3) is 0.423. The Morgan fingerprint density at radius 1 is 1.06 bits per heavy atom. The quantitative estimate of drug-likeness (QED) is 0.621. The second-order valence-electron chi connectivity index (χ2n) is 8.96. The van der Waals surface area contributed by atoms with Crippen molar-refractivity contribution in [3.8, 4) is 5.75 Å². The van der Waals surface area contributed by atoms with Gasteiger partial charge in [0, 0.05) is 30.8 Å². The molecule has 0 aliphatic carbocycles. The molecule has 1 unspecified atom stereocenters. The Labute approximate surface area is 199 Å². The number of amides is 3. The minimum absolute atomic E-state index is 0.140. The Morgan fingerprint density at radius 2 is 1.74 bits per heavy atom. The first-order chi connectivity index (χ1) is 16.3. The van der Waals surface area contributed by atoms with Crippen LogP contribution in [0.5, 0.6) is 5.75 Å². The number of hydrogen-bond acceptors (Lipinski definition) is 4. The van der Waals surface area contributed by atoms with Crippen LogP contribution in [0, 0.1) is 17.7 Å². The summed E-state index contributed by atoms with van der Waals surface area (Å²) in [6.45, 7) is 5.34. The van der Waals surface area contributed by atoms with E-state index in [1.165, 1.54) is 25.3 Å². The summed E-state index contributed by atoms with van der Waals surface area (Å²) in [5.41, 5.74) is 0.704. The van der Waals surface area contributed by atoms with Crippen molar-refractivity contribution >= 4 is 17.7 Å². The summed E-state index contributed by atoms with van der Waals surface area (Å²) in [5, 5.41) is 5.83. The molecule has 1 fully saturated rings. The number of piperidine rings is 1. The van der Waals surface area contributed by atoms with Gasteiger partial charge in [-0.25, -0.2) is 4.39 Å². The van der Waals surface area contributed by atoms with Crippen molar-refractivity contribution in [1.29, 1.82) is 0 Å². The van der Waals surface area contributed by atoms with E-state index in [4.69, 9.17) is 4.74 Å². The van der Waals surface area contributed by atoms with E-state index in [0.29, 0.717) is 49.4 Å².